The second-order valence-corrected chi connectivity index (χ2v) is 36.6. The summed E-state index contributed by atoms with van der Waals surface area (Å²) in [6.45, 7) is 14.4. The van der Waals surface area contributed by atoms with Gasteiger partial charge in [-0.15, -0.1) is 0 Å². The molecule has 0 aromatic carbocycles. The minimum absolute atomic E-state index is 0.106. The lowest BCUT2D eigenvalue weighted by molar-refractivity contribution is -0.161. The van der Waals surface area contributed by atoms with Gasteiger partial charge >= 0.3 is 39.5 Å². The fourth-order valence-electron chi connectivity index (χ4n) is 13.8. The van der Waals surface area contributed by atoms with Crippen LogP contribution < -0.4 is 0 Å². The van der Waals surface area contributed by atoms with E-state index in [2.05, 4.69) is 55.4 Å². The highest BCUT2D eigenvalue weighted by atomic mass is 31.2. The molecule has 3 N–H and O–H groups in total. The predicted octanol–water partition coefficient (Wildman–Crippen LogP) is 27.1. The second-order valence-electron chi connectivity index (χ2n) is 33.7. The number of unbranched alkanes of at least 4 members (excludes halogenated alkanes) is 51. The normalized spacial score (nSPS) is 14.1. The topological polar surface area (TPSA) is 237 Å². The average molecular weight is 1580 g/mol. The molecular weight excluding hydrogens is 1400 g/mol. The third-order valence-electron chi connectivity index (χ3n) is 21.2. The first kappa shape index (κ1) is 106. The van der Waals surface area contributed by atoms with Crippen molar-refractivity contribution in [3.8, 4) is 0 Å². The molecule has 0 fully saturated rings. The monoisotopic (exact) mass is 1580 g/mol. The van der Waals surface area contributed by atoms with Crippen LogP contribution in [-0.4, -0.2) is 96.7 Å². The van der Waals surface area contributed by atoms with Gasteiger partial charge in [-0.25, -0.2) is 9.13 Å². The van der Waals surface area contributed by atoms with E-state index in [9.17, 15) is 43.2 Å². The van der Waals surface area contributed by atoms with E-state index in [1.807, 2.05) is 0 Å². The number of phosphoric acid groups is 2. The van der Waals surface area contributed by atoms with Gasteiger partial charge in [0.25, 0.3) is 0 Å². The first-order valence-corrected chi connectivity index (χ1v) is 48.7. The zero-order valence-corrected chi connectivity index (χ0v) is 73.3. The molecule has 0 radical (unpaired) electrons. The summed E-state index contributed by atoms with van der Waals surface area (Å²) in [5.41, 5.74) is 0. The molecule has 6 atom stereocenters. The zero-order valence-electron chi connectivity index (χ0n) is 71.5. The molecule has 0 spiro atoms. The standard InChI is InChI=1S/C89H174O17P2/c1-9-82(8)68-60-52-44-36-30-31-39-48-56-64-72-89(94)106-85(76-100-87(92)70-62-54-46-40-32-35-43-51-59-67-81(6)7)78-104-108(97,98)102-74-83(90)73-101-107(95,96)103-77-84(105-88(93)71-63-55-47-38-29-25-21-17-13-11-15-19-23-27-34-42-50-58-66-80(4)5)75-99-86(91)69-61-53-45-37-28-24-20-16-12-10-14-18-22-26-33-41-49-57-65-79(2)3/h79-85,90H,9-78H2,1-8H3,(H,95,96)(H,97,98)/t82?,83-,84-,85-/m1/s1. The fraction of sp³-hybridized carbons (Fsp3) is 0.955. The lowest BCUT2D eigenvalue weighted by atomic mass is 9.99. The fourth-order valence-corrected chi connectivity index (χ4v) is 15.4. The van der Waals surface area contributed by atoms with Gasteiger partial charge in [-0.1, -0.05) is 415 Å². The molecule has 17 nitrogen and oxygen atoms in total. The molecule has 0 aliphatic carbocycles. The van der Waals surface area contributed by atoms with Crippen LogP contribution in [0.1, 0.15) is 466 Å². The van der Waals surface area contributed by atoms with E-state index in [1.165, 1.54) is 270 Å². The predicted molar refractivity (Wildman–Crippen MR) is 446 cm³/mol. The first-order valence-electron chi connectivity index (χ1n) is 45.7. The largest absolute Gasteiger partial charge is 0.472 e. The summed E-state index contributed by atoms with van der Waals surface area (Å²) in [5, 5.41) is 10.7. The van der Waals surface area contributed by atoms with Crippen LogP contribution in [0.25, 0.3) is 0 Å². The Morgan fingerprint density at radius 1 is 0.259 bits per heavy atom. The van der Waals surface area contributed by atoms with Gasteiger partial charge in [0.1, 0.15) is 19.3 Å². The first-order chi connectivity index (χ1) is 52.1. The molecule has 19 heteroatoms. The van der Waals surface area contributed by atoms with E-state index >= 15 is 0 Å². The number of phosphoric ester groups is 2. The Morgan fingerprint density at radius 2 is 0.444 bits per heavy atom. The SMILES string of the molecule is CCC(C)CCCCCCCCCCCCC(=O)O[C@H](COC(=O)CCCCCCCCCCCC(C)C)COP(=O)(O)OC[C@H](O)COP(=O)(O)OC[C@@H](COC(=O)CCCCCCCCCCCCCCCCCCCCC(C)C)OC(=O)CCCCCCCCCCCCCCCCCCCCC(C)C. The van der Waals surface area contributed by atoms with Gasteiger partial charge in [0.2, 0.25) is 0 Å². The van der Waals surface area contributed by atoms with Crippen molar-refractivity contribution in [3.63, 3.8) is 0 Å². The lowest BCUT2D eigenvalue weighted by Crippen LogP contribution is -2.30. The summed E-state index contributed by atoms with van der Waals surface area (Å²) >= 11 is 0. The maximum absolute atomic E-state index is 13.2. The minimum Gasteiger partial charge on any atom is -0.462 e. The van der Waals surface area contributed by atoms with Crippen molar-refractivity contribution in [2.45, 2.75) is 485 Å². The number of aliphatic hydroxyl groups is 1. The van der Waals surface area contributed by atoms with Crippen molar-refractivity contribution in [2.75, 3.05) is 39.6 Å². The number of esters is 4. The molecule has 0 rings (SSSR count). The summed E-state index contributed by atoms with van der Waals surface area (Å²) in [6.07, 6.45) is 68.1. The number of hydrogen-bond acceptors (Lipinski definition) is 15. The molecule has 0 heterocycles. The smallest absolute Gasteiger partial charge is 0.462 e. The van der Waals surface area contributed by atoms with E-state index < -0.39 is 97.5 Å². The minimum atomic E-state index is -4.97. The van der Waals surface area contributed by atoms with E-state index in [0.717, 1.165) is 114 Å². The van der Waals surface area contributed by atoms with Crippen LogP contribution in [-0.2, 0) is 65.4 Å². The van der Waals surface area contributed by atoms with Gasteiger partial charge in [0.15, 0.2) is 12.2 Å². The summed E-state index contributed by atoms with van der Waals surface area (Å²) in [6, 6.07) is 0. The van der Waals surface area contributed by atoms with Crippen molar-refractivity contribution < 1.29 is 80.2 Å². The number of carbonyl (C=O) groups excluding carboxylic acids is 4. The van der Waals surface area contributed by atoms with E-state index in [1.54, 1.807) is 0 Å². The highest BCUT2D eigenvalue weighted by Crippen LogP contribution is 2.45. The van der Waals surface area contributed by atoms with Gasteiger partial charge in [-0.3, -0.25) is 37.3 Å². The number of hydrogen-bond donors (Lipinski definition) is 3. The molecule has 0 aliphatic heterocycles. The van der Waals surface area contributed by atoms with Crippen molar-refractivity contribution in [1.82, 2.24) is 0 Å². The molecule has 0 saturated heterocycles. The van der Waals surface area contributed by atoms with Crippen LogP contribution in [0.2, 0.25) is 0 Å². The van der Waals surface area contributed by atoms with Gasteiger partial charge in [0, 0.05) is 25.7 Å². The third kappa shape index (κ3) is 80.7. The van der Waals surface area contributed by atoms with Crippen LogP contribution in [0.15, 0.2) is 0 Å². The third-order valence-corrected chi connectivity index (χ3v) is 23.1. The Balaban J connectivity index is 5.24. The van der Waals surface area contributed by atoms with Gasteiger partial charge in [-0.05, 0) is 49.4 Å². The maximum atomic E-state index is 13.2. The molecule has 0 saturated carbocycles. The highest BCUT2D eigenvalue weighted by molar-refractivity contribution is 7.47. The number of carbonyl (C=O) groups is 4. The average Bonchev–Trinajstić information content (AvgIpc) is 0.898. The summed E-state index contributed by atoms with van der Waals surface area (Å²) < 4.78 is 69.0. The van der Waals surface area contributed by atoms with Gasteiger partial charge in [0.05, 0.1) is 26.4 Å². The van der Waals surface area contributed by atoms with Crippen LogP contribution in [0, 0.1) is 23.7 Å². The van der Waals surface area contributed by atoms with Crippen LogP contribution in [0.5, 0.6) is 0 Å². The van der Waals surface area contributed by atoms with Gasteiger partial charge < -0.3 is 33.8 Å². The molecule has 3 unspecified atom stereocenters. The van der Waals surface area contributed by atoms with Crippen molar-refractivity contribution in [3.05, 3.63) is 0 Å². The Bertz CT molecular complexity index is 2100. The quantitative estimate of drug-likeness (QED) is 0.0222. The Kier molecular flexibility index (Phi) is 76.2. The van der Waals surface area contributed by atoms with E-state index in [0.29, 0.717) is 25.7 Å². The Morgan fingerprint density at radius 3 is 0.657 bits per heavy atom. The van der Waals surface area contributed by atoms with E-state index in [-0.39, 0.29) is 25.7 Å². The van der Waals surface area contributed by atoms with Crippen LogP contribution in [0.4, 0.5) is 0 Å². The van der Waals surface area contributed by atoms with Crippen LogP contribution in [0.3, 0.4) is 0 Å². The van der Waals surface area contributed by atoms with Crippen molar-refractivity contribution in [2.24, 2.45) is 23.7 Å². The molecule has 0 bridgehead atoms. The number of aliphatic hydroxyl groups excluding tert-OH is 1. The highest BCUT2D eigenvalue weighted by Gasteiger charge is 2.31. The summed E-state index contributed by atoms with van der Waals surface area (Å²) in [5.74, 6) is 1.09. The molecule has 0 aromatic rings. The molecular formula is C89H174O17P2. The summed E-state index contributed by atoms with van der Waals surface area (Å²) in [4.78, 5) is 73.3. The Hall–Kier alpha value is -1.94. The maximum Gasteiger partial charge on any atom is 0.472 e. The Labute approximate surface area is 664 Å². The van der Waals surface area contributed by atoms with Crippen molar-refractivity contribution in [1.29, 1.82) is 0 Å². The lowest BCUT2D eigenvalue weighted by Gasteiger charge is -2.21. The second kappa shape index (κ2) is 77.6. The molecule has 0 aliphatic rings. The molecule has 642 valence electrons. The number of rotatable bonds is 86. The molecule has 0 amide bonds. The van der Waals surface area contributed by atoms with Gasteiger partial charge in [-0.2, -0.15) is 0 Å². The summed E-state index contributed by atoms with van der Waals surface area (Å²) in [7, 11) is -9.93. The molecule has 108 heavy (non-hydrogen) atoms. The molecule has 0 aromatic heterocycles. The number of ether oxygens (including phenoxy) is 4. The van der Waals surface area contributed by atoms with Crippen molar-refractivity contribution >= 4 is 39.5 Å². The zero-order chi connectivity index (χ0) is 79.5. The van der Waals surface area contributed by atoms with E-state index in [4.69, 9.17) is 37.0 Å². The van der Waals surface area contributed by atoms with Crippen LogP contribution >= 0.6 is 15.6 Å².